The summed E-state index contributed by atoms with van der Waals surface area (Å²) < 4.78 is 2.05. The van der Waals surface area contributed by atoms with Crippen molar-refractivity contribution in [2.24, 2.45) is 11.8 Å². The number of carbonyl (C=O) groups is 2. The third-order valence-corrected chi connectivity index (χ3v) is 4.67. The normalized spacial score (nSPS) is 14.7. The number of imidazole rings is 1. The molecule has 0 aliphatic carbocycles. The second-order valence-corrected chi connectivity index (χ2v) is 7.97. The predicted molar refractivity (Wildman–Crippen MR) is 107 cm³/mol. The maximum absolute atomic E-state index is 12.9. The van der Waals surface area contributed by atoms with Gasteiger partial charge in [0.1, 0.15) is 6.04 Å². The summed E-state index contributed by atoms with van der Waals surface area (Å²) in [6, 6.07) is 7.04. The third kappa shape index (κ3) is 4.23. The van der Waals surface area contributed by atoms with Gasteiger partial charge in [0.15, 0.2) is 0 Å². The second-order valence-electron chi connectivity index (χ2n) is 7.97. The molecule has 2 N–H and O–H groups in total. The van der Waals surface area contributed by atoms with Gasteiger partial charge < -0.3 is 15.2 Å². The third-order valence-electron chi connectivity index (χ3n) is 4.67. The molecule has 7 heteroatoms. The van der Waals surface area contributed by atoms with E-state index in [9.17, 15) is 9.59 Å². The van der Waals surface area contributed by atoms with Crippen LogP contribution in [0.1, 0.15) is 34.1 Å². The van der Waals surface area contributed by atoms with E-state index in [1.165, 1.54) is 0 Å². The molecule has 2 aromatic rings. The first-order valence-electron chi connectivity index (χ1n) is 9.67. The number of anilines is 1. The number of hydrogen-bond acceptors (Lipinski definition) is 3. The van der Waals surface area contributed by atoms with Crippen molar-refractivity contribution in [1.29, 1.82) is 0 Å². The summed E-state index contributed by atoms with van der Waals surface area (Å²) in [4.78, 5) is 31.7. The van der Waals surface area contributed by atoms with E-state index in [1.807, 2.05) is 56.5 Å². The van der Waals surface area contributed by atoms with Crippen LogP contribution < -0.4 is 15.5 Å². The van der Waals surface area contributed by atoms with Crippen molar-refractivity contribution in [2.75, 3.05) is 18.0 Å². The van der Waals surface area contributed by atoms with E-state index >= 15 is 0 Å². The molecule has 3 amide bonds. The fourth-order valence-electron chi connectivity index (χ4n) is 3.34. The molecule has 1 aromatic carbocycles. The van der Waals surface area contributed by atoms with Crippen LogP contribution in [-0.2, 0) is 11.3 Å². The highest BCUT2D eigenvalue weighted by molar-refractivity contribution is 5.96. The zero-order valence-electron chi connectivity index (χ0n) is 16.5. The number of fused-ring (bicyclic) bond motifs is 3. The molecule has 0 fully saturated rings. The van der Waals surface area contributed by atoms with Crippen molar-refractivity contribution in [2.45, 2.75) is 46.7 Å². The maximum atomic E-state index is 12.9. The topological polar surface area (TPSA) is 79.3 Å². The van der Waals surface area contributed by atoms with Crippen LogP contribution in [0.25, 0.3) is 11.0 Å². The Hall–Kier alpha value is -2.57. The highest BCUT2D eigenvalue weighted by Crippen LogP contribution is 2.27. The lowest BCUT2D eigenvalue weighted by atomic mass is 10.0. The van der Waals surface area contributed by atoms with E-state index in [0.717, 1.165) is 11.0 Å². The van der Waals surface area contributed by atoms with Crippen LogP contribution in [0.3, 0.4) is 0 Å². The number of nitrogens with one attached hydrogen (secondary N) is 2. The number of nitrogens with zero attached hydrogens (tertiary/aromatic N) is 3. The minimum atomic E-state index is -0.547. The van der Waals surface area contributed by atoms with Crippen LogP contribution in [0.2, 0.25) is 0 Å². The van der Waals surface area contributed by atoms with E-state index < -0.39 is 6.04 Å². The number of benzene rings is 1. The van der Waals surface area contributed by atoms with Gasteiger partial charge in [-0.3, -0.25) is 9.69 Å². The summed E-state index contributed by atoms with van der Waals surface area (Å²) in [7, 11) is 0. The first kappa shape index (κ1) is 19.2. The molecule has 1 aliphatic rings. The number of para-hydroxylation sites is 2. The zero-order valence-corrected chi connectivity index (χ0v) is 16.5. The van der Waals surface area contributed by atoms with Crippen LogP contribution in [0.15, 0.2) is 24.3 Å². The Morgan fingerprint density at radius 2 is 1.85 bits per heavy atom. The Labute approximate surface area is 160 Å². The van der Waals surface area contributed by atoms with Gasteiger partial charge in [0.05, 0.1) is 11.0 Å². The summed E-state index contributed by atoms with van der Waals surface area (Å²) in [5.74, 6) is 1.17. The SMILES string of the molecule is CC(C)CNC(=O)C(CC(C)C)NC(=O)N1CCn2c1nc1ccccc12. The maximum Gasteiger partial charge on any atom is 0.324 e. The van der Waals surface area contributed by atoms with Crippen LogP contribution in [0, 0.1) is 11.8 Å². The number of amides is 3. The molecule has 0 saturated heterocycles. The molecular formula is C20H29N5O2. The average Bonchev–Trinajstić information content (AvgIpc) is 3.17. The lowest BCUT2D eigenvalue weighted by molar-refractivity contribution is -0.123. The lowest BCUT2D eigenvalue weighted by Gasteiger charge is -2.23. The van der Waals surface area contributed by atoms with E-state index in [1.54, 1.807) is 4.90 Å². The van der Waals surface area contributed by atoms with Crippen LogP contribution >= 0.6 is 0 Å². The molecule has 0 radical (unpaired) electrons. The second kappa shape index (κ2) is 7.98. The molecular weight excluding hydrogens is 342 g/mol. The average molecular weight is 371 g/mol. The molecule has 0 bridgehead atoms. The van der Waals surface area contributed by atoms with Gasteiger partial charge in [-0.1, -0.05) is 39.8 Å². The largest absolute Gasteiger partial charge is 0.354 e. The van der Waals surface area contributed by atoms with Gasteiger partial charge in [0.25, 0.3) is 0 Å². The van der Waals surface area contributed by atoms with E-state index in [-0.39, 0.29) is 11.9 Å². The molecule has 0 saturated carbocycles. The Bertz CT molecular complexity index is 827. The number of aromatic nitrogens is 2. The minimum Gasteiger partial charge on any atom is -0.354 e. The highest BCUT2D eigenvalue weighted by atomic mass is 16.2. The first-order chi connectivity index (χ1) is 12.9. The summed E-state index contributed by atoms with van der Waals surface area (Å²) in [5.41, 5.74) is 1.90. The molecule has 2 heterocycles. The Balaban J connectivity index is 1.74. The molecule has 146 valence electrons. The van der Waals surface area contributed by atoms with Gasteiger partial charge in [-0.15, -0.1) is 0 Å². The molecule has 7 nitrogen and oxygen atoms in total. The standard InChI is InChI=1S/C20H29N5O2/c1-13(2)11-16(18(26)21-12-14(3)4)23-20(27)25-10-9-24-17-8-6-5-7-15(17)22-19(24)25/h5-8,13-14,16H,9-12H2,1-4H3,(H,21,26)(H,23,27). The fraction of sp³-hybridized carbons (Fsp3) is 0.550. The summed E-state index contributed by atoms with van der Waals surface area (Å²) in [6.07, 6.45) is 0.597. The van der Waals surface area contributed by atoms with Crippen molar-refractivity contribution in [1.82, 2.24) is 20.2 Å². The van der Waals surface area contributed by atoms with Gasteiger partial charge in [0.2, 0.25) is 11.9 Å². The van der Waals surface area contributed by atoms with E-state index in [2.05, 4.69) is 15.6 Å². The number of urea groups is 1. The lowest BCUT2D eigenvalue weighted by Crippen LogP contribution is -2.52. The predicted octanol–water partition coefficient (Wildman–Crippen LogP) is 2.75. The van der Waals surface area contributed by atoms with Crippen molar-refractivity contribution in [3.63, 3.8) is 0 Å². The van der Waals surface area contributed by atoms with Crippen LogP contribution in [0.5, 0.6) is 0 Å². The van der Waals surface area contributed by atoms with E-state index in [4.69, 9.17) is 0 Å². The first-order valence-corrected chi connectivity index (χ1v) is 9.67. The van der Waals surface area contributed by atoms with Crippen LogP contribution in [-0.4, -0.2) is 40.6 Å². The monoisotopic (exact) mass is 371 g/mol. The van der Waals surface area contributed by atoms with Crippen molar-refractivity contribution < 1.29 is 9.59 Å². The van der Waals surface area contributed by atoms with Crippen molar-refractivity contribution in [3.05, 3.63) is 24.3 Å². The quantitative estimate of drug-likeness (QED) is 0.819. The van der Waals surface area contributed by atoms with Crippen molar-refractivity contribution >= 4 is 28.9 Å². The fourth-order valence-corrected chi connectivity index (χ4v) is 3.34. The smallest absolute Gasteiger partial charge is 0.324 e. The molecule has 1 atom stereocenters. The molecule has 3 rings (SSSR count). The molecule has 1 aromatic heterocycles. The van der Waals surface area contributed by atoms with E-state index in [0.29, 0.717) is 43.8 Å². The molecule has 1 aliphatic heterocycles. The molecule has 0 spiro atoms. The Morgan fingerprint density at radius 1 is 1.11 bits per heavy atom. The summed E-state index contributed by atoms with van der Waals surface area (Å²) in [5, 5.41) is 5.85. The summed E-state index contributed by atoms with van der Waals surface area (Å²) >= 11 is 0. The van der Waals surface area contributed by atoms with Crippen molar-refractivity contribution in [3.8, 4) is 0 Å². The molecule has 1 unspecified atom stereocenters. The number of rotatable bonds is 6. The minimum absolute atomic E-state index is 0.126. The van der Waals surface area contributed by atoms with Gasteiger partial charge >= 0.3 is 6.03 Å². The zero-order chi connectivity index (χ0) is 19.6. The van der Waals surface area contributed by atoms with Gasteiger partial charge in [-0.05, 0) is 30.4 Å². The summed E-state index contributed by atoms with van der Waals surface area (Å²) in [6.45, 7) is 10.0. The van der Waals surface area contributed by atoms with Crippen LogP contribution in [0.4, 0.5) is 10.7 Å². The van der Waals surface area contributed by atoms with Gasteiger partial charge in [-0.2, -0.15) is 0 Å². The van der Waals surface area contributed by atoms with Gasteiger partial charge in [0, 0.05) is 19.6 Å². The number of hydrogen-bond donors (Lipinski definition) is 2. The highest BCUT2D eigenvalue weighted by Gasteiger charge is 2.31. The Morgan fingerprint density at radius 3 is 2.56 bits per heavy atom. The number of carbonyl (C=O) groups excluding carboxylic acids is 2. The molecule has 27 heavy (non-hydrogen) atoms. The van der Waals surface area contributed by atoms with Gasteiger partial charge in [-0.25, -0.2) is 9.78 Å². The Kier molecular flexibility index (Phi) is 5.68.